The molecule has 1 heterocycles. The fourth-order valence-electron chi connectivity index (χ4n) is 1.58. The predicted molar refractivity (Wildman–Crippen MR) is 58.0 cm³/mol. The van der Waals surface area contributed by atoms with Crippen LogP contribution >= 0.6 is 0 Å². The smallest absolute Gasteiger partial charge is 0.197 e. The van der Waals surface area contributed by atoms with Crippen LogP contribution in [0.25, 0.3) is 0 Å². The van der Waals surface area contributed by atoms with Gasteiger partial charge >= 0.3 is 0 Å². The van der Waals surface area contributed by atoms with Crippen molar-refractivity contribution in [1.29, 1.82) is 0 Å². The maximum Gasteiger partial charge on any atom is 0.197 e. The highest BCUT2D eigenvalue weighted by molar-refractivity contribution is 5.79. The summed E-state index contributed by atoms with van der Waals surface area (Å²) >= 11 is 0. The summed E-state index contributed by atoms with van der Waals surface area (Å²) in [5.41, 5.74) is 6.55. The molecule has 0 spiro atoms. The summed E-state index contributed by atoms with van der Waals surface area (Å²) in [6, 6.07) is 7.13. The van der Waals surface area contributed by atoms with E-state index in [4.69, 9.17) is 15.6 Å². The third-order valence-corrected chi connectivity index (χ3v) is 2.35. The van der Waals surface area contributed by atoms with E-state index in [1.54, 1.807) is 12.1 Å². The van der Waals surface area contributed by atoms with Gasteiger partial charge in [-0.15, -0.1) is 0 Å². The van der Waals surface area contributed by atoms with Gasteiger partial charge in [-0.1, -0.05) is 12.1 Å². The number of hydrogen-bond donors (Lipinski definition) is 2. The molecule has 0 radical (unpaired) electrons. The van der Waals surface area contributed by atoms with Gasteiger partial charge in [0.1, 0.15) is 11.9 Å². The van der Waals surface area contributed by atoms with Gasteiger partial charge in [0.25, 0.3) is 0 Å². The van der Waals surface area contributed by atoms with Crippen LogP contribution < -0.4 is 5.73 Å². The third kappa shape index (κ3) is 2.47. The number of benzene rings is 1. The molecule has 1 aliphatic rings. The minimum absolute atomic E-state index is 0.0908. The number of hydrogen-bond acceptors (Lipinski definition) is 4. The lowest BCUT2D eigenvalue weighted by molar-refractivity contribution is 0.221. The van der Waals surface area contributed by atoms with E-state index in [9.17, 15) is 0 Å². The molecule has 0 saturated heterocycles. The van der Waals surface area contributed by atoms with Crippen LogP contribution in [-0.4, -0.2) is 30.2 Å². The molecule has 1 aromatic rings. The van der Waals surface area contributed by atoms with Crippen LogP contribution in [0.1, 0.15) is 5.56 Å². The fraction of sp³-hybridized carbons (Fsp3) is 0.364. The summed E-state index contributed by atoms with van der Waals surface area (Å²) in [4.78, 5) is 4.17. The Morgan fingerprint density at radius 3 is 2.73 bits per heavy atom. The van der Waals surface area contributed by atoms with Crippen molar-refractivity contribution in [3.63, 3.8) is 0 Å². The van der Waals surface area contributed by atoms with Crippen molar-refractivity contribution in [2.45, 2.75) is 12.5 Å². The molecule has 0 amide bonds. The second kappa shape index (κ2) is 4.31. The highest BCUT2D eigenvalue weighted by Crippen LogP contribution is 2.14. The standard InChI is InChI=1S/C11H14N2O2/c12-6-11-13-7-10(15-11)5-8-1-3-9(14)4-2-8/h1-4,10,14H,5-7,12H2. The lowest BCUT2D eigenvalue weighted by Crippen LogP contribution is -2.20. The monoisotopic (exact) mass is 206 g/mol. The SMILES string of the molecule is NCC1=NCC(Cc2ccc(O)cc2)O1. The first kappa shape index (κ1) is 9.98. The van der Waals surface area contributed by atoms with E-state index < -0.39 is 0 Å². The Morgan fingerprint density at radius 2 is 2.13 bits per heavy atom. The molecule has 1 atom stereocenters. The molecular formula is C11H14N2O2. The molecule has 0 aliphatic carbocycles. The maximum absolute atomic E-state index is 9.13. The largest absolute Gasteiger partial charge is 0.508 e. The zero-order chi connectivity index (χ0) is 10.7. The molecule has 3 N–H and O–H groups in total. The zero-order valence-corrected chi connectivity index (χ0v) is 8.39. The Balaban J connectivity index is 1.91. The van der Waals surface area contributed by atoms with Gasteiger partial charge in [-0.3, -0.25) is 4.99 Å². The molecule has 0 saturated carbocycles. The van der Waals surface area contributed by atoms with Crippen molar-refractivity contribution in [2.75, 3.05) is 13.1 Å². The molecule has 1 aliphatic heterocycles. The molecule has 80 valence electrons. The second-order valence-corrected chi connectivity index (χ2v) is 3.55. The second-order valence-electron chi connectivity index (χ2n) is 3.55. The van der Waals surface area contributed by atoms with Crippen LogP contribution in [0, 0.1) is 0 Å². The summed E-state index contributed by atoms with van der Waals surface area (Å²) in [7, 11) is 0. The topological polar surface area (TPSA) is 67.8 Å². The summed E-state index contributed by atoms with van der Waals surface area (Å²) in [6.45, 7) is 1.04. The summed E-state index contributed by atoms with van der Waals surface area (Å²) < 4.78 is 5.51. The number of nitrogens with two attached hydrogens (primary N) is 1. The Labute approximate surface area is 88.4 Å². The first-order valence-corrected chi connectivity index (χ1v) is 4.96. The highest BCUT2D eigenvalue weighted by Gasteiger charge is 2.18. The van der Waals surface area contributed by atoms with E-state index >= 15 is 0 Å². The van der Waals surface area contributed by atoms with E-state index in [1.165, 1.54) is 0 Å². The van der Waals surface area contributed by atoms with Crippen LogP contribution in [0.15, 0.2) is 29.3 Å². The number of phenols is 1. The number of aromatic hydroxyl groups is 1. The van der Waals surface area contributed by atoms with Gasteiger partial charge in [0.05, 0.1) is 13.1 Å². The number of phenolic OH excluding ortho intramolecular Hbond substituents is 1. The number of nitrogens with zero attached hydrogens (tertiary/aromatic N) is 1. The van der Waals surface area contributed by atoms with Gasteiger partial charge in [0, 0.05) is 6.42 Å². The molecule has 4 heteroatoms. The van der Waals surface area contributed by atoms with Crippen LogP contribution in [0.4, 0.5) is 0 Å². The molecule has 2 rings (SSSR count). The van der Waals surface area contributed by atoms with Crippen molar-refractivity contribution < 1.29 is 9.84 Å². The molecular weight excluding hydrogens is 192 g/mol. The normalized spacial score (nSPS) is 19.8. The van der Waals surface area contributed by atoms with Crippen LogP contribution in [-0.2, 0) is 11.2 Å². The van der Waals surface area contributed by atoms with Crippen molar-refractivity contribution in [3.8, 4) is 5.75 Å². The van der Waals surface area contributed by atoms with E-state index in [0.29, 0.717) is 19.0 Å². The average Bonchev–Trinajstić information content (AvgIpc) is 2.69. The van der Waals surface area contributed by atoms with Gasteiger partial charge in [0.2, 0.25) is 0 Å². The first-order valence-electron chi connectivity index (χ1n) is 4.96. The zero-order valence-electron chi connectivity index (χ0n) is 8.39. The van der Waals surface area contributed by atoms with Crippen LogP contribution in [0.3, 0.4) is 0 Å². The minimum Gasteiger partial charge on any atom is -0.508 e. The van der Waals surface area contributed by atoms with Crippen molar-refractivity contribution in [3.05, 3.63) is 29.8 Å². The average molecular weight is 206 g/mol. The Morgan fingerprint density at radius 1 is 1.40 bits per heavy atom. The van der Waals surface area contributed by atoms with Crippen LogP contribution in [0.2, 0.25) is 0 Å². The van der Waals surface area contributed by atoms with Gasteiger partial charge < -0.3 is 15.6 Å². The first-order chi connectivity index (χ1) is 7.28. The maximum atomic E-state index is 9.13. The Bertz CT molecular complexity index is 359. The van der Waals surface area contributed by atoms with E-state index in [0.717, 1.165) is 12.0 Å². The van der Waals surface area contributed by atoms with Crippen molar-refractivity contribution >= 4 is 5.90 Å². The highest BCUT2D eigenvalue weighted by atomic mass is 16.5. The Kier molecular flexibility index (Phi) is 2.87. The molecule has 4 nitrogen and oxygen atoms in total. The van der Waals surface area contributed by atoms with Gasteiger partial charge in [-0.2, -0.15) is 0 Å². The van der Waals surface area contributed by atoms with Gasteiger partial charge in [0.15, 0.2) is 5.90 Å². The van der Waals surface area contributed by atoms with Crippen molar-refractivity contribution in [1.82, 2.24) is 0 Å². The number of aliphatic imine (C=N–C) groups is 1. The molecule has 0 fully saturated rings. The van der Waals surface area contributed by atoms with Crippen molar-refractivity contribution in [2.24, 2.45) is 10.7 Å². The minimum atomic E-state index is 0.0908. The quantitative estimate of drug-likeness (QED) is 0.764. The predicted octanol–water partition coefficient (Wildman–Crippen LogP) is 0.691. The molecule has 1 aromatic carbocycles. The lowest BCUT2D eigenvalue weighted by Gasteiger charge is -2.10. The Hall–Kier alpha value is -1.55. The van der Waals surface area contributed by atoms with E-state index in [1.807, 2.05) is 12.1 Å². The summed E-state index contributed by atoms with van der Waals surface area (Å²) in [5, 5.41) is 9.13. The van der Waals surface area contributed by atoms with Gasteiger partial charge in [-0.05, 0) is 17.7 Å². The lowest BCUT2D eigenvalue weighted by atomic mass is 10.1. The van der Waals surface area contributed by atoms with Gasteiger partial charge in [-0.25, -0.2) is 0 Å². The van der Waals surface area contributed by atoms with E-state index in [-0.39, 0.29) is 11.9 Å². The number of ether oxygens (including phenoxy) is 1. The molecule has 0 bridgehead atoms. The van der Waals surface area contributed by atoms with Crippen LogP contribution in [0.5, 0.6) is 5.75 Å². The summed E-state index contributed by atoms with van der Waals surface area (Å²) in [6.07, 6.45) is 0.890. The fourth-order valence-corrected chi connectivity index (χ4v) is 1.58. The summed E-state index contributed by atoms with van der Waals surface area (Å²) in [5.74, 6) is 0.920. The van der Waals surface area contributed by atoms with E-state index in [2.05, 4.69) is 4.99 Å². The molecule has 1 unspecified atom stereocenters. The number of rotatable bonds is 3. The molecule has 0 aromatic heterocycles. The molecule has 15 heavy (non-hydrogen) atoms. The third-order valence-electron chi connectivity index (χ3n) is 2.35.